The summed E-state index contributed by atoms with van der Waals surface area (Å²) < 4.78 is 71.5. The molecule has 8 nitrogen and oxygen atoms in total. The van der Waals surface area contributed by atoms with E-state index in [2.05, 4.69) is 15.4 Å². The fraction of sp³-hybridized carbons (Fsp3) is 0.579. The molecule has 2 atom stereocenters. The first-order valence-corrected chi connectivity index (χ1v) is 9.96. The van der Waals surface area contributed by atoms with Crippen molar-refractivity contribution in [2.45, 2.75) is 44.8 Å². The van der Waals surface area contributed by atoms with Crippen molar-refractivity contribution in [3.63, 3.8) is 0 Å². The van der Waals surface area contributed by atoms with Crippen LogP contribution < -0.4 is 5.32 Å². The molecule has 0 spiro atoms. The molecule has 4 heterocycles. The number of nitrogens with one attached hydrogen (secondary N) is 1. The number of amides is 2. The highest BCUT2D eigenvalue weighted by molar-refractivity contribution is 5.97. The molecular weight excluding hydrogens is 441 g/mol. The molecule has 4 rings (SSSR count). The number of oxazole rings is 1. The Morgan fingerprint density at radius 3 is 2.44 bits per heavy atom. The van der Waals surface area contributed by atoms with E-state index in [-0.39, 0.29) is 49.3 Å². The summed E-state index contributed by atoms with van der Waals surface area (Å²) >= 11 is 0. The van der Waals surface area contributed by atoms with E-state index in [0.29, 0.717) is 12.5 Å². The lowest BCUT2D eigenvalue weighted by atomic mass is 9.81. The highest BCUT2D eigenvalue weighted by Gasteiger charge is 2.46. The number of aromatic nitrogens is 3. The van der Waals surface area contributed by atoms with Crippen molar-refractivity contribution in [1.82, 2.24) is 19.7 Å². The van der Waals surface area contributed by atoms with Gasteiger partial charge in [-0.1, -0.05) is 6.92 Å². The number of anilines is 1. The smallest absolute Gasteiger partial charge is 0.443 e. The van der Waals surface area contributed by atoms with Gasteiger partial charge in [0.2, 0.25) is 5.91 Å². The van der Waals surface area contributed by atoms with Gasteiger partial charge in [-0.3, -0.25) is 9.59 Å². The van der Waals surface area contributed by atoms with Crippen LogP contribution in [0.3, 0.4) is 0 Å². The highest BCUT2D eigenvalue weighted by Crippen LogP contribution is 2.43. The second kappa shape index (κ2) is 7.55. The summed E-state index contributed by atoms with van der Waals surface area (Å²) in [5.74, 6) is -6.77. The molecular formula is C19H20F5N5O3. The minimum Gasteiger partial charge on any atom is -0.443 e. The van der Waals surface area contributed by atoms with Gasteiger partial charge in [-0.05, 0) is 18.8 Å². The zero-order chi connectivity index (χ0) is 23.4. The van der Waals surface area contributed by atoms with Gasteiger partial charge in [-0.2, -0.15) is 27.1 Å². The summed E-state index contributed by atoms with van der Waals surface area (Å²) in [7, 11) is 0. The van der Waals surface area contributed by atoms with Crippen LogP contribution in [0, 0.1) is 11.8 Å². The Morgan fingerprint density at radius 2 is 1.88 bits per heavy atom. The zero-order valence-electron chi connectivity index (χ0n) is 17.1. The van der Waals surface area contributed by atoms with E-state index >= 15 is 0 Å². The van der Waals surface area contributed by atoms with E-state index in [1.165, 1.54) is 6.20 Å². The Bertz CT molecular complexity index is 1030. The molecule has 1 saturated heterocycles. The average molecular weight is 461 g/mol. The highest BCUT2D eigenvalue weighted by atomic mass is 19.4. The van der Waals surface area contributed by atoms with Crippen LogP contribution in [0.1, 0.15) is 38.6 Å². The van der Waals surface area contributed by atoms with Crippen molar-refractivity contribution in [3.8, 4) is 11.3 Å². The molecule has 2 amide bonds. The van der Waals surface area contributed by atoms with Gasteiger partial charge >= 0.3 is 18.0 Å². The van der Waals surface area contributed by atoms with Crippen molar-refractivity contribution in [2.75, 3.05) is 18.4 Å². The van der Waals surface area contributed by atoms with Gasteiger partial charge in [0.25, 0.3) is 5.89 Å². The molecule has 0 radical (unpaired) electrons. The van der Waals surface area contributed by atoms with Crippen molar-refractivity contribution in [2.24, 2.45) is 11.8 Å². The maximum absolute atomic E-state index is 13.5. The number of piperidine rings is 1. The molecule has 2 aliphatic rings. The lowest BCUT2D eigenvalue weighted by molar-refractivity contribution is -0.187. The number of alkyl halides is 5. The second-order valence-electron chi connectivity index (χ2n) is 8.17. The average Bonchev–Trinajstić information content (AvgIpc) is 3.35. The Morgan fingerprint density at radius 1 is 1.22 bits per heavy atom. The van der Waals surface area contributed by atoms with Crippen LogP contribution in [-0.2, 0) is 15.5 Å². The quantitative estimate of drug-likeness (QED) is 0.706. The van der Waals surface area contributed by atoms with Gasteiger partial charge in [-0.25, -0.2) is 9.67 Å². The monoisotopic (exact) mass is 461 g/mol. The van der Waals surface area contributed by atoms with Crippen molar-refractivity contribution >= 4 is 17.6 Å². The molecule has 13 heteroatoms. The predicted molar refractivity (Wildman–Crippen MR) is 99.5 cm³/mol. The maximum Gasteiger partial charge on any atom is 0.471 e. The third-order valence-electron chi connectivity index (χ3n) is 5.95. The van der Waals surface area contributed by atoms with E-state index in [9.17, 15) is 31.5 Å². The molecule has 0 bridgehead atoms. The first-order chi connectivity index (χ1) is 14.9. The van der Waals surface area contributed by atoms with Gasteiger partial charge in [0.1, 0.15) is 17.8 Å². The third kappa shape index (κ3) is 3.84. The van der Waals surface area contributed by atoms with Gasteiger partial charge < -0.3 is 14.6 Å². The SMILES string of the molecule is CC1C(=O)Nc2c(-c3coc(C(C)(F)F)n3)cnn2C1C1CCN(C(=O)C(F)(F)F)CC1. The van der Waals surface area contributed by atoms with Gasteiger partial charge in [-0.15, -0.1) is 0 Å². The molecule has 0 aliphatic carbocycles. The van der Waals surface area contributed by atoms with E-state index < -0.39 is 35.9 Å². The van der Waals surface area contributed by atoms with Gasteiger partial charge in [0, 0.05) is 20.0 Å². The van der Waals surface area contributed by atoms with Gasteiger partial charge in [0.15, 0.2) is 0 Å². The van der Waals surface area contributed by atoms with Crippen molar-refractivity contribution < 1.29 is 36.0 Å². The maximum atomic E-state index is 13.5. The number of likely N-dealkylation sites (tertiary alicyclic amines) is 1. The van der Waals surface area contributed by atoms with Crippen molar-refractivity contribution in [1.29, 1.82) is 0 Å². The van der Waals surface area contributed by atoms with Crippen LogP contribution in [0.5, 0.6) is 0 Å². The second-order valence-corrected chi connectivity index (χ2v) is 8.17. The molecule has 2 aromatic heterocycles. The number of carbonyl (C=O) groups excluding carboxylic acids is 2. The fourth-order valence-electron chi connectivity index (χ4n) is 4.33. The van der Waals surface area contributed by atoms with Crippen LogP contribution in [0.4, 0.5) is 27.8 Å². The molecule has 2 aromatic rings. The van der Waals surface area contributed by atoms with Crippen molar-refractivity contribution in [3.05, 3.63) is 18.4 Å². The summed E-state index contributed by atoms with van der Waals surface area (Å²) in [4.78, 5) is 28.7. The Labute approximate surface area is 178 Å². The Balaban J connectivity index is 1.60. The first kappa shape index (κ1) is 22.2. The number of nitrogens with zero attached hydrogens (tertiary/aromatic N) is 4. The summed E-state index contributed by atoms with van der Waals surface area (Å²) in [6.45, 7) is 2.15. The third-order valence-corrected chi connectivity index (χ3v) is 5.95. The lowest BCUT2D eigenvalue weighted by Gasteiger charge is -2.40. The van der Waals surface area contributed by atoms with Crippen LogP contribution in [0.2, 0.25) is 0 Å². The van der Waals surface area contributed by atoms with E-state index in [4.69, 9.17) is 4.42 Å². The molecule has 0 aromatic carbocycles. The first-order valence-electron chi connectivity index (χ1n) is 9.96. The largest absolute Gasteiger partial charge is 0.471 e. The van der Waals surface area contributed by atoms with E-state index in [1.54, 1.807) is 11.6 Å². The van der Waals surface area contributed by atoms with E-state index in [1.807, 2.05) is 0 Å². The Hall–Kier alpha value is -2.99. The molecule has 0 saturated carbocycles. The van der Waals surface area contributed by atoms with Crippen LogP contribution >= 0.6 is 0 Å². The van der Waals surface area contributed by atoms with Gasteiger partial charge in [0.05, 0.1) is 23.7 Å². The molecule has 32 heavy (non-hydrogen) atoms. The molecule has 1 fully saturated rings. The molecule has 174 valence electrons. The number of fused-ring (bicyclic) bond motifs is 1. The van der Waals surface area contributed by atoms with E-state index in [0.717, 1.165) is 11.2 Å². The fourth-order valence-corrected chi connectivity index (χ4v) is 4.33. The number of hydrogen-bond acceptors (Lipinski definition) is 5. The normalized spacial score (nSPS) is 22.6. The summed E-state index contributed by atoms with van der Waals surface area (Å²) in [6, 6.07) is -0.477. The summed E-state index contributed by atoms with van der Waals surface area (Å²) in [5.41, 5.74) is 0.362. The predicted octanol–water partition coefficient (Wildman–Crippen LogP) is 3.58. The molecule has 2 unspecified atom stereocenters. The Kier molecular flexibility index (Phi) is 5.24. The summed E-state index contributed by atoms with van der Waals surface area (Å²) in [5, 5.41) is 7.01. The van der Waals surface area contributed by atoms with Crippen LogP contribution in [0.15, 0.2) is 16.9 Å². The number of halogens is 5. The van der Waals surface area contributed by atoms with Crippen LogP contribution in [0.25, 0.3) is 11.3 Å². The summed E-state index contributed by atoms with van der Waals surface area (Å²) in [6.07, 6.45) is -1.99. The molecule has 1 N–H and O–H groups in total. The topological polar surface area (TPSA) is 93.3 Å². The minimum atomic E-state index is -4.93. The standard InChI is InChI=1S/C19H20F5N5O3/c1-9-13(10-3-5-28(6-4-10)17(31)19(22,23)24)29-14(27-15(9)30)11(7-25-29)12-8-32-16(26-12)18(2,20)21/h7-10,13H,3-6H2,1-2H3,(H,27,30). The number of hydrogen-bond donors (Lipinski definition) is 1. The lowest BCUT2D eigenvalue weighted by Crippen LogP contribution is -2.48. The number of rotatable bonds is 3. The molecule has 2 aliphatic heterocycles. The minimum absolute atomic E-state index is 0.0713. The number of carbonyl (C=O) groups is 2. The van der Waals surface area contributed by atoms with Crippen LogP contribution in [-0.4, -0.2) is 50.7 Å². The zero-order valence-corrected chi connectivity index (χ0v) is 17.1.